The highest BCUT2D eigenvalue weighted by Crippen LogP contribution is 2.16. The largest absolute Gasteiger partial charge is 0.491 e. The number of ether oxygens (including phenoxy) is 2. The lowest BCUT2D eigenvalue weighted by Gasteiger charge is -2.25. The molecule has 0 bridgehead atoms. The highest BCUT2D eigenvalue weighted by Gasteiger charge is 2.11. The van der Waals surface area contributed by atoms with E-state index in [4.69, 9.17) is 9.47 Å². The second kappa shape index (κ2) is 10.5. The molecule has 0 saturated heterocycles. The van der Waals surface area contributed by atoms with Crippen LogP contribution in [0.2, 0.25) is 0 Å². The Bertz CT molecular complexity index is 630. The molecule has 0 radical (unpaired) electrons. The van der Waals surface area contributed by atoms with Gasteiger partial charge in [0.2, 0.25) is 0 Å². The zero-order valence-corrected chi connectivity index (χ0v) is 15.1. The summed E-state index contributed by atoms with van der Waals surface area (Å²) >= 11 is 0. The van der Waals surface area contributed by atoms with E-state index >= 15 is 0 Å². The lowest BCUT2D eigenvalue weighted by atomic mass is 10.2. The van der Waals surface area contributed by atoms with Gasteiger partial charge in [-0.2, -0.15) is 0 Å². The van der Waals surface area contributed by atoms with Gasteiger partial charge in [0.1, 0.15) is 24.7 Å². The fraction of sp³-hybridized carbons (Fsp3) is 0.381. The van der Waals surface area contributed by atoms with Gasteiger partial charge in [0.25, 0.3) is 0 Å². The first-order valence-corrected chi connectivity index (χ1v) is 8.79. The third-order valence-electron chi connectivity index (χ3n) is 4.01. The fourth-order valence-corrected chi connectivity index (χ4v) is 2.64. The lowest BCUT2D eigenvalue weighted by Crippen LogP contribution is -2.29. The van der Waals surface area contributed by atoms with Crippen LogP contribution in [0, 0.1) is 6.92 Å². The van der Waals surface area contributed by atoms with E-state index in [2.05, 4.69) is 43.0 Å². The number of anilines is 1. The summed E-state index contributed by atoms with van der Waals surface area (Å²) in [4.78, 5) is 13.5. The monoisotopic (exact) mass is 341 g/mol. The first kappa shape index (κ1) is 19.0. The number of carbonyl (C=O) groups excluding carboxylic acids is 1. The van der Waals surface area contributed by atoms with Crippen molar-refractivity contribution in [3.8, 4) is 5.75 Å². The Labute approximate surface area is 150 Å². The van der Waals surface area contributed by atoms with Crippen LogP contribution in [0.5, 0.6) is 5.75 Å². The van der Waals surface area contributed by atoms with Crippen LogP contribution in [0.1, 0.15) is 18.9 Å². The Morgan fingerprint density at radius 2 is 1.88 bits per heavy atom. The molecule has 1 unspecified atom stereocenters. The van der Waals surface area contributed by atoms with Crippen molar-refractivity contribution in [2.75, 3.05) is 31.2 Å². The summed E-state index contributed by atoms with van der Waals surface area (Å²) in [6, 6.07) is 18.0. The summed E-state index contributed by atoms with van der Waals surface area (Å²) in [5.41, 5.74) is 2.41. The van der Waals surface area contributed by atoms with Gasteiger partial charge < -0.3 is 19.2 Å². The van der Waals surface area contributed by atoms with Crippen molar-refractivity contribution in [3.63, 3.8) is 0 Å². The summed E-state index contributed by atoms with van der Waals surface area (Å²) in [6.45, 7) is 6.71. The predicted octanol–water partition coefficient (Wildman–Crippen LogP) is 3.87. The number of rotatable bonds is 11. The molecular weight excluding hydrogens is 314 g/mol. The number of carbonyl (C=O) groups is 1. The van der Waals surface area contributed by atoms with E-state index in [0.29, 0.717) is 19.6 Å². The Morgan fingerprint density at radius 1 is 1.08 bits per heavy atom. The molecule has 0 fully saturated rings. The molecule has 0 aliphatic rings. The molecule has 4 nitrogen and oxygen atoms in total. The topological polar surface area (TPSA) is 38.8 Å². The summed E-state index contributed by atoms with van der Waals surface area (Å²) < 4.78 is 11.2. The molecule has 25 heavy (non-hydrogen) atoms. The van der Waals surface area contributed by atoms with Crippen molar-refractivity contribution in [1.29, 1.82) is 0 Å². The van der Waals surface area contributed by atoms with E-state index in [0.717, 1.165) is 25.1 Å². The minimum atomic E-state index is -0.404. The lowest BCUT2D eigenvalue weighted by molar-refractivity contribution is -0.118. The van der Waals surface area contributed by atoms with Crippen LogP contribution in [0.25, 0.3) is 0 Å². The fourth-order valence-electron chi connectivity index (χ4n) is 2.64. The summed E-state index contributed by atoms with van der Waals surface area (Å²) in [6.07, 6.45) is 1.14. The second-order valence-electron chi connectivity index (χ2n) is 5.91. The van der Waals surface area contributed by atoms with Gasteiger partial charge in [0.05, 0.1) is 6.61 Å². The van der Waals surface area contributed by atoms with Crippen LogP contribution in [-0.4, -0.2) is 38.7 Å². The number of aryl methyl sites for hydroxylation is 1. The first-order chi connectivity index (χ1) is 12.2. The zero-order valence-electron chi connectivity index (χ0n) is 15.1. The number of para-hydroxylation sites is 1. The van der Waals surface area contributed by atoms with Crippen LogP contribution in [0.4, 0.5) is 5.69 Å². The van der Waals surface area contributed by atoms with Gasteiger partial charge >= 0.3 is 0 Å². The molecule has 0 spiro atoms. The Balaban J connectivity index is 1.74. The molecule has 134 valence electrons. The third-order valence-corrected chi connectivity index (χ3v) is 4.01. The molecule has 0 amide bonds. The van der Waals surface area contributed by atoms with Crippen LogP contribution >= 0.6 is 0 Å². The normalized spacial score (nSPS) is 11.8. The van der Waals surface area contributed by atoms with Crippen LogP contribution in [-0.2, 0) is 9.53 Å². The molecule has 0 N–H and O–H groups in total. The molecule has 0 aliphatic heterocycles. The Kier molecular flexibility index (Phi) is 7.99. The Morgan fingerprint density at radius 3 is 2.56 bits per heavy atom. The first-order valence-electron chi connectivity index (χ1n) is 8.79. The molecule has 2 aromatic rings. The van der Waals surface area contributed by atoms with Crippen molar-refractivity contribution in [2.24, 2.45) is 0 Å². The van der Waals surface area contributed by atoms with Gasteiger partial charge in [-0.15, -0.1) is 0 Å². The third kappa shape index (κ3) is 6.59. The summed E-state index contributed by atoms with van der Waals surface area (Å²) in [7, 11) is 0. The maximum absolute atomic E-state index is 11.3. The number of aldehydes is 1. The molecule has 2 rings (SSSR count). The number of benzene rings is 2. The van der Waals surface area contributed by atoms with Crippen molar-refractivity contribution >= 4 is 12.0 Å². The van der Waals surface area contributed by atoms with E-state index in [9.17, 15) is 4.79 Å². The second-order valence-corrected chi connectivity index (χ2v) is 5.91. The van der Waals surface area contributed by atoms with E-state index in [1.54, 1.807) is 0 Å². The average Bonchev–Trinajstić information content (AvgIpc) is 2.65. The maximum atomic E-state index is 11.3. The van der Waals surface area contributed by atoms with Crippen molar-refractivity contribution < 1.29 is 14.3 Å². The van der Waals surface area contributed by atoms with Gasteiger partial charge in [0, 0.05) is 18.8 Å². The zero-order chi connectivity index (χ0) is 17.9. The summed E-state index contributed by atoms with van der Waals surface area (Å²) in [5.74, 6) is 0.811. The van der Waals surface area contributed by atoms with Crippen LogP contribution < -0.4 is 9.64 Å². The van der Waals surface area contributed by atoms with Gasteiger partial charge in [-0.3, -0.25) is 0 Å². The van der Waals surface area contributed by atoms with Crippen LogP contribution in [0.15, 0.2) is 54.6 Å². The highest BCUT2D eigenvalue weighted by atomic mass is 16.5. The van der Waals surface area contributed by atoms with Crippen molar-refractivity contribution in [2.45, 2.75) is 26.4 Å². The van der Waals surface area contributed by atoms with E-state index in [1.165, 1.54) is 11.3 Å². The van der Waals surface area contributed by atoms with Crippen molar-refractivity contribution in [3.05, 3.63) is 60.2 Å². The maximum Gasteiger partial charge on any atom is 0.148 e. The SMILES string of the molecule is CCN(CCC(C=O)OCCOc1ccccc1)c1cccc(C)c1. The van der Waals surface area contributed by atoms with E-state index in [-0.39, 0.29) is 0 Å². The van der Waals surface area contributed by atoms with Gasteiger partial charge in [-0.1, -0.05) is 30.3 Å². The van der Waals surface area contributed by atoms with Gasteiger partial charge in [-0.25, -0.2) is 0 Å². The number of hydrogen-bond acceptors (Lipinski definition) is 4. The minimum Gasteiger partial charge on any atom is -0.491 e. The summed E-state index contributed by atoms with van der Waals surface area (Å²) in [5, 5.41) is 0. The predicted molar refractivity (Wildman–Crippen MR) is 101 cm³/mol. The van der Waals surface area contributed by atoms with E-state index < -0.39 is 6.10 Å². The molecule has 2 aromatic carbocycles. The Hall–Kier alpha value is -2.33. The average molecular weight is 341 g/mol. The smallest absolute Gasteiger partial charge is 0.148 e. The molecule has 0 saturated carbocycles. The molecule has 4 heteroatoms. The molecule has 1 atom stereocenters. The van der Waals surface area contributed by atoms with Gasteiger partial charge in [0.15, 0.2) is 0 Å². The number of nitrogens with zero attached hydrogens (tertiary/aromatic N) is 1. The van der Waals surface area contributed by atoms with Gasteiger partial charge in [-0.05, 0) is 50.1 Å². The van der Waals surface area contributed by atoms with Crippen LogP contribution in [0.3, 0.4) is 0 Å². The molecule has 0 aromatic heterocycles. The highest BCUT2D eigenvalue weighted by molar-refractivity contribution is 5.56. The standard InChI is InChI=1S/C21H27NO3/c1-3-22(19-9-7-8-18(2)16-19)13-12-21(17-23)25-15-14-24-20-10-5-4-6-11-20/h4-11,16-17,21H,3,12-15H2,1-2H3. The number of hydrogen-bond donors (Lipinski definition) is 0. The minimum absolute atomic E-state index is 0.398. The van der Waals surface area contributed by atoms with Crippen molar-refractivity contribution in [1.82, 2.24) is 0 Å². The molecular formula is C21H27NO3. The quantitative estimate of drug-likeness (QED) is 0.459. The molecule has 0 aliphatic carbocycles. The van der Waals surface area contributed by atoms with E-state index in [1.807, 2.05) is 30.3 Å². The molecule has 0 heterocycles.